The smallest absolute Gasteiger partial charge is 0.275 e. The summed E-state index contributed by atoms with van der Waals surface area (Å²) in [7, 11) is 1.75. The quantitative estimate of drug-likeness (QED) is 0.912. The van der Waals surface area contributed by atoms with Gasteiger partial charge in [-0.3, -0.25) is 4.79 Å². The largest absolute Gasteiger partial charge is 0.373 e. The highest BCUT2D eigenvalue weighted by molar-refractivity contribution is 9.10. The van der Waals surface area contributed by atoms with Gasteiger partial charge in [0.2, 0.25) is 0 Å². The van der Waals surface area contributed by atoms with Crippen LogP contribution in [0.3, 0.4) is 0 Å². The lowest BCUT2D eigenvalue weighted by Gasteiger charge is -2.08. The molecule has 0 aliphatic heterocycles. The van der Waals surface area contributed by atoms with Gasteiger partial charge in [-0.2, -0.15) is 0 Å². The number of rotatable bonds is 3. The zero-order valence-corrected chi connectivity index (χ0v) is 12.2. The maximum absolute atomic E-state index is 12.1. The highest BCUT2D eigenvalue weighted by atomic mass is 79.9. The van der Waals surface area contributed by atoms with Gasteiger partial charge in [0.15, 0.2) is 0 Å². The highest BCUT2D eigenvalue weighted by Gasteiger charge is 2.10. The van der Waals surface area contributed by atoms with Crippen LogP contribution in [0.15, 0.2) is 34.9 Å². The number of nitrogens with one attached hydrogen (secondary N) is 2. The number of nitrogens with zero attached hydrogens (tertiary/aromatic N) is 2. The van der Waals surface area contributed by atoms with Gasteiger partial charge in [0.25, 0.3) is 5.91 Å². The van der Waals surface area contributed by atoms with Crippen molar-refractivity contribution in [1.82, 2.24) is 9.97 Å². The first kappa shape index (κ1) is 13.5. The van der Waals surface area contributed by atoms with Crippen LogP contribution in [0.2, 0.25) is 0 Å². The third kappa shape index (κ3) is 3.29. The van der Waals surface area contributed by atoms with Gasteiger partial charge in [0.1, 0.15) is 17.3 Å². The summed E-state index contributed by atoms with van der Waals surface area (Å²) < 4.78 is 0.873. The molecule has 2 aromatic heterocycles. The fourth-order valence-corrected chi connectivity index (χ4v) is 1.99. The Labute approximate surface area is 119 Å². The third-order valence-corrected chi connectivity index (χ3v) is 2.95. The van der Waals surface area contributed by atoms with Crippen LogP contribution in [-0.4, -0.2) is 22.9 Å². The first-order valence-electron chi connectivity index (χ1n) is 5.68. The maximum Gasteiger partial charge on any atom is 0.275 e. The molecule has 0 radical (unpaired) electrons. The minimum absolute atomic E-state index is 0.282. The molecule has 0 aromatic carbocycles. The minimum Gasteiger partial charge on any atom is -0.373 e. The van der Waals surface area contributed by atoms with Crippen LogP contribution < -0.4 is 10.6 Å². The second-order valence-electron chi connectivity index (χ2n) is 3.93. The van der Waals surface area contributed by atoms with E-state index in [2.05, 4.69) is 36.5 Å². The van der Waals surface area contributed by atoms with Gasteiger partial charge < -0.3 is 10.6 Å². The number of anilines is 2. The molecule has 2 rings (SSSR count). The van der Waals surface area contributed by atoms with E-state index < -0.39 is 0 Å². The Hall–Kier alpha value is -1.95. The van der Waals surface area contributed by atoms with E-state index in [-0.39, 0.29) is 5.91 Å². The zero-order chi connectivity index (χ0) is 13.8. The Bertz CT molecular complexity index is 615. The molecule has 0 atom stereocenters. The van der Waals surface area contributed by atoms with E-state index in [1.807, 2.05) is 13.0 Å². The number of aryl methyl sites for hydroxylation is 1. The summed E-state index contributed by atoms with van der Waals surface area (Å²) >= 11 is 3.33. The van der Waals surface area contributed by atoms with Crippen LogP contribution in [0.5, 0.6) is 0 Å². The van der Waals surface area contributed by atoms with Gasteiger partial charge in [0.05, 0.1) is 0 Å². The topological polar surface area (TPSA) is 66.9 Å². The Balaban J connectivity index is 2.20. The Morgan fingerprint density at radius 2 is 2.16 bits per heavy atom. The second kappa shape index (κ2) is 5.79. The van der Waals surface area contributed by atoms with E-state index in [1.165, 1.54) is 0 Å². The fourth-order valence-electron chi connectivity index (χ4n) is 1.54. The molecule has 98 valence electrons. The van der Waals surface area contributed by atoms with Crippen molar-refractivity contribution < 1.29 is 4.79 Å². The molecule has 0 fully saturated rings. The van der Waals surface area contributed by atoms with E-state index in [0.29, 0.717) is 17.3 Å². The molecule has 0 unspecified atom stereocenters. The zero-order valence-electron chi connectivity index (χ0n) is 10.6. The normalized spacial score (nSPS) is 10.1. The van der Waals surface area contributed by atoms with E-state index in [0.717, 1.165) is 10.0 Å². The predicted molar refractivity (Wildman–Crippen MR) is 78.4 cm³/mol. The lowest BCUT2D eigenvalue weighted by atomic mass is 10.2. The molecular formula is C13H13BrN4O. The van der Waals surface area contributed by atoms with Crippen LogP contribution in [0.4, 0.5) is 11.6 Å². The van der Waals surface area contributed by atoms with E-state index >= 15 is 0 Å². The highest BCUT2D eigenvalue weighted by Crippen LogP contribution is 2.17. The van der Waals surface area contributed by atoms with Crippen molar-refractivity contribution in [3.8, 4) is 0 Å². The van der Waals surface area contributed by atoms with Crippen LogP contribution in [0.25, 0.3) is 0 Å². The van der Waals surface area contributed by atoms with Gasteiger partial charge in [0, 0.05) is 17.7 Å². The molecule has 0 saturated heterocycles. The summed E-state index contributed by atoms with van der Waals surface area (Å²) in [6.45, 7) is 1.88. The summed E-state index contributed by atoms with van der Waals surface area (Å²) in [4.78, 5) is 20.4. The third-order valence-electron chi connectivity index (χ3n) is 2.51. The van der Waals surface area contributed by atoms with Crippen molar-refractivity contribution in [2.75, 3.05) is 17.7 Å². The van der Waals surface area contributed by atoms with Gasteiger partial charge in [-0.1, -0.05) is 6.07 Å². The van der Waals surface area contributed by atoms with Crippen LogP contribution >= 0.6 is 15.9 Å². The number of carbonyl (C=O) groups excluding carboxylic acids is 1. The lowest BCUT2D eigenvalue weighted by molar-refractivity contribution is 0.102. The van der Waals surface area contributed by atoms with Crippen LogP contribution in [-0.2, 0) is 0 Å². The molecule has 1 amide bonds. The van der Waals surface area contributed by atoms with Crippen molar-refractivity contribution in [1.29, 1.82) is 0 Å². The number of carbonyl (C=O) groups is 1. The number of hydrogen-bond acceptors (Lipinski definition) is 4. The molecule has 0 aliphatic rings. The number of aromatic nitrogens is 2. The molecule has 2 heterocycles. The van der Waals surface area contributed by atoms with Crippen LogP contribution in [0, 0.1) is 6.92 Å². The van der Waals surface area contributed by atoms with Gasteiger partial charge in [-0.25, -0.2) is 9.97 Å². The van der Waals surface area contributed by atoms with E-state index in [9.17, 15) is 4.79 Å². The minimum atomic E-state index is -0.282. The standard InChI is InChI=1S/C13H13BrN4O/c1-8-6-9(14)7-16-12(8)18-13(19)10-4-3-5-11(15-2)17-10/h3-7H,1-2H3,(H,15,17)(H,16,18,19). The van der Waals surface area contributed by atoms with Crippen molar-refractivity contribution in [3.05, 3.63) is 46.2 Å². The number of pyridine rings is 2. The maximum atomic E-state index is 12.1. The number of amides is 1. The molecule has 6 heteroatoms. The van der Waals surface area contributed by atoms with Crippen molar-refractivity contribution >= 4 is 33.5 Å². The molecule has 0 bridgehead atoms. The average molecular weight is 321 g/mol. The van der Waals surface area contributed by atoms with E-state index in [1.54, 1.807) is 31.4 Å². The Morgan fingerprint density at radius 1 is 1.37 bits per heavy atom. The molecule has 0 saturated carbocycles. The summed E-state index contributed by atoms with van der Waals surface area (Å²) in [5, 5.41) is 5.64. The number of halogens is 1. The van der Waals surface area contributed by atoms with Gasteiger partial charge in [-0.15, -0.1) is 0 Å². The molecule has 2 N–H and O–H groups in total. The Morgan fingerprint density at radius 3 is 2.84 bits per heavy atom. The fraction of sp³-hybridized carbons (Fsp3) is 0.154. The lowest BCUT2D eigenvalue weighted by Crippen LogP contribution is -2.15. The molecule has 5 nitrogen and oxygen atoms in total. The summed E-state index contributed by atoms with van der Waals surface area (Å²) in [5.74, 6) is 0.896. The first-order chi connectivity index (χ1) is 9.10. The van der Waals surface area contributed by atoms with Crippen molar-refractivity contribution in [2.24, 2.45) is 0 Å². The van der Waals surface area contributed by atoms with Crippen molar-refractivity contribution in [3.63, 3.8) is 0 Å². The Kier molecular flexibility index (Phi) is 4.11. The van der Waals surface area contributed by atoms with Crippen LogP contribution in [0.1, 0.15) is 16.1 Å². The van der Waals surface area contributed by atoms with Gasteiger partial charge >= 0.3 is 0 Å². The van der Waals surface area contributed by atoms with Crippen molar-refractivity contribution in [2.45, 2.75) is 6.92 Å². The first-order valence-corrected chi connectivity index (χ1v) is 6.48. The SMILES string of the molecule is CNc1cccc(C(=O)Nc2ncc(Br)cc2C)n1. The van der Waals surface area contributed by atoms with E-state index in [4.69, 9.17) is 0 Å². The molecule has 2 aromatic rings. The van der Waals surface area contributed by atoms with Gasteiger partial charge in [-0.05, 0) is 46.6 Å². The monoisotopic (exact) mass is 320 g/mol. The summed E-state index contributed by atoms with van der Waals surface area (Å²) in [5.41, 5.74) is 1.23. The number of hydrogen-bond donors (Lipinski definition) is 2. The summed E-state index contributed by atoms with van der Waals surface area (Å²) in [6.07, 6.45) is 1.64. The molecule has 0 spiro atoms. The summed E-state index contributed by atoms with van der Waals surface area (Å²) in [6, 6.07) is 7.11. The second-order valence-corrected chi connectivity index (χ2v) is 4.85. The average Bonchev–Trinajstić information content (AvgIpc) is 2.42. The molecular weight excluding hydrogens is 308 g/mol. The molecule has 0 aliphatic carbocycles. The molecule has 19 heavy (non-hydrogen) atoms. The predicted octanol–water partition coefficient (Wildman–Crippen LogP) is 2.84.